The standard InChI is InChI=1S/C20H20N2O3S/c1-22(14-16-9-6-12-26-16)20(24)17(13-15-7-3-2-4-8-15)21-19(23)18-10-5-11-25-18/h2-12,17H,13-14H2,1H3,(H,21,23)/t17-/m0/s1. The fourth-order valence-corrected chi connectivity index (χ4v) is 3.42. The molecule has 0 saturated carbocycles. The van der Waals surface area contributed by atoms with E-state index >= 15 is 0 Å². The third-order valence-corrected chi connectivity index (χ3v) is 4.84. The Morgan fingerprint density at radius 1 is 1.12 bits per heavy atom. The zero-order chi connectivity index (χ0) is 18.4. The fourth-order valence-electron chi connectivity index (χ4n) is 2.67. The number of nitrogens with one attached hydrogen (secondary N) is 1. The lowest BCUT2D eigenvalue weighted by Gasteiger charge is -2.24. The summed E-state index contributed by atoms with van der Waals surface area (Å²) in [6, 6.07) is 16.1. The molecule has 134 valence electrons. The number of rotatable bonds is 7. The molecule has 6 heteroatoms. The van der Waals surface area contributed by atoms with Gasteiger partial charge < -0.3 is 14.6 Å². The van der Waals surface area contributed by atoms with Crippen LogP contribution in [0.4, 0.5) is 0 Å². The molecule has 2 heterocycles. The minimum atomic E-state index is -0.667. The Labute approximate surface area is 156 Å². The number of carbonyl (C=O) groups is 2. The van der Waals surface area contributed by atoms with Gasteiger partial charge in [0.2, 0.25) is 5.91 Å². The highest BCUT2D eigenvalue weighted by molar-refractivity contribution is 7.09. The van der Waals surface area contributed by atoms with Gasteiger partial charge in [0.25, 0.3) is 5.91 Å². The molecule has 0 bridgehead atoms. The van der Waals surface area contributed by atoms with Gasteiger partial charge in [0.1, 0.15) is 6.04 Å². The summed E-state index contributed by atoms with van der Waals surface area (Å²) in [5.41, 5.74) is 0.982. The Hall–Kier alpha value is -2.86. The van der Waals surface area contributed by atoms with Crippen LogP contribution >= 0.6 is 11.3 Å². The summed E-state index contributed by atoms with van der Waals surface area (Å²) in [7, 11) is 1.75. The average molecular weight is 368 g/mol. The predicted molar refractivity (Wildman–Crippen MR) is 101 cm³/mol. The second kappa shape index (κ2) is 8.49. The highest BCUT2D eigenvalue weighted by Crippen LogP contribution is 2.13. The Morgan fingerprint density at radius 3 is 2.58 bits per heavy atom. The maximum absolute atomic E-state index is 13.0. The van der Waals surface area contributed by atoms with E-state index in [1.54, 1.807) is 35.4 Å². The van der Waals surface area contributed by atoms with E-state index in [0.717, 1.165) is 10.4 Å². The molecule has 0 aliphatic heterocycles. The van der Waals surface area contributed by atoms with Gasteiger partial charge in [0.05, 0.1) is 12.8 Å². The van der Waals surface area contributed by atoms with Crippen molar-refractivity contribution in [3.05, 3.63) is 82.4 Å². The average Bonchev–Trinajstić information content (AvgIpc) is 3.35. The van der Waals surface area contributed by atoms with Crippen LogP contribution in [0.5, 0.6) is 0 Å². The second-order valence-corrected chi connectivity index (χ2v) is 7.00. The highest BCUT2D eigenvalue weighted by atomic mass is 32.1. The second-order valence-electron chi connectivity index (χ2n) is 5.97. The van der Waals surface area contributed by atoms with Gasteiger partial charge in [-0.25, -0.2) is 0 Å². The molecule has 1 aromatic carbocycles. The van der Waals surface area contributed by atoms with Gasteiger partial charge in [0.15, 0.2) is 5.76 Å². The van der Waals surface area contributed by atoms with Crippen LogP contribution < -0.4 is 5.32 Å². The molecule has 2 amide bonds. The first kappa shape index (κ1) is 17.9. The first-order valence-electron chi connectivity index (χ1n) is 8.29. The molecule has 3 aromatic rings. The number of hydrogen-bond donors (Lipinski definition) is 1. The van der Waals surface area contributed by atoms with Crippen LogP contribution in [0.25, 0.3) is 0 Å². The van der Waals surface area contributed by atoms with E-state index in [4.69, 9.17) is 4.42 Å². The number of hydrogen-bond acceptors (Lipinski definition) is 4. The van der Waals surface area contributed by atoms with Crippen molar-refractivity contribution in [1.82, 2.24) is 10.2 Å². The fraction of sp³-hybridized carbons (Fsp3) is 0.200. The molecule has 3 rings (SSSR count). The molecule has 5 nitrogen and oxygen atoms in total. The highest BCUT2D eigenvalue weighted by Gasteiger charge is 2.26. The monoisotopic (exact) mass is 368 g/mol. The third kappa shape index (κ3) is 4.61. The van der Waals surface area contributed by atoms with Crippen molar-refractivity contribution in [2.24, 2.45) is 0 Å². The van der Waals surface area contributed by atoms with Crippen molar-refractivity contribution in [2.45, 2.75) is 19.0 Å². The topological polar surface area (TPSA) is 62.6 Å². The van der Waals surface area contributed by atoms with E-state index in [1.165, 1.54) is 6.26 Å². The van der Waals surface area contributed by atoms with Crippen LogP contribution in [0.2, 0.25) is 0 Å². The van der Waals surface area contributed by atoms with Crippen molar-refractivity contribution < 1.29 is 14.0 Å². The summed E-state index contributed by atoms with van der Waals surface area (Å²) < 4.78 is 5.14. The zero-order valence-corrected chi connectivity index (χ0v) is 15.2. The van der Waals surface area contributed by atoms with Crippen LogP contribution in [0, 0.1) is 0 Å². The molecule has 0 radical (unpaired) electrons. The van der Waals surface area contributed by atoms with Gasteiger partial charge in [-0.2, -0.15) is 0 Å². The van der Waals surface area contributed by atoms with Crippen molar-refractivity contribution in [3.8, 4) is 0 Å². The van der Waals surface area contributed by atoms with E-state index in [9.17, 15) is 9.59 Å². The molecular weight excluding hydrogens is 348 g/mol. The first-order chi connectivity index (χ1) is 12.6. The number of nitrogens with zero attached hydrogens (tertiary/aromatic N) is 1. The Balaban J connectivity index is 1.74. The van der Waals surface area contributed by atoms with Gasteiger partial charge >= 0.3 is 0 Å². The summed E-state index contributed by atoms with van der Waals surface area (Å²) in [4.78, 5) is 28.1. The minimum absolute atomic E-state index is 0.137. The molecule has 0 unspecified atom stereocenters. The Morgan fingerprint density at radius 2 is 1.92 bits per heavy atom. The molecule has 1 N–H and O–H groups in total. The number of amides is 2. The van der Waals surface area contributed by atoms with E-state index in [-0.39, 0.29) is 11.7 Å². The zero-order valence-electron chi connectivity index (χ0n) is 14.4. The maximum Gasteiger partial charge on any atom is 0.287 e. The number of likely N-dealkylation sites (N-methyl/N-ethyl adjacent to an activating group) is 1. The van der Waals surface area contributed by atoms with Gasteiger partial charge in [-0.05, 0) is 29.1 Å². The normalized spacial score (nSPS) is 11.7. The summed E-state index contributed by atoms with van der Waals surface area (Å²) in [6.45, 7) is 0.512. The van der Waals surface area contributed by atoms with Crippen LogP contribution in [-0.4, -0.2) is 29.8 Å². The summed E-state index contributed by atoms with van der Waals surface area (Å²) in [6.07, 6.45) is 1.85. The van der Waals surface area contributed by atoms with E-state index in [1.807, 2.05) is 47.8 Å². The van der Waals surface area contributed by atoms with Gasteiger partial charge in [-0.3, -0.25) is 9.59 Å². The Kier molecular flexibility index (Phi) is 5.86. The SMILES string of the molecule is CN(Cc1cccs1)C(=O)[C@H](Cc1ccccc1)NC(=O)c1ccco1. The number of benzene rings is 1. The van der Waals surface area contributed by atoms with Crippen molar-refractivity contribution in [3.63, 3.8) is 0 Å². The molecule has 0 aliphatic rings. The lowest BCUT2D eigenvalue weighted by atomic mass is 10.0. The molecule has 1 atom stereocenters. The lowest BCUT2D eigenvalue weighted by molar-refractivity contribution is -0.132. The summed E-state index contributed by atoms with van der Waals surface area (Å²) in [5.74, 6) is -0.340. The molecular formula is C20H20N2O3S. The van der Waals surface area contributed by atoms with E-state index < -0.39 is 11.9 Å². The molecule has 0 saturated heterocycles. The van der Waals surface area contributed by atoms with Crippen LogP contribution in [0.3, 0.4) is 0 Å². The number of carbonyl (C=O) groups excluding carboxylic acids is 2. The molecule has 0 fully saturated rings. The quantitative estimate of drug-likeness (QED) is 0.696. The van der Waals surface area contributed by atoms with Gasteiger partial charge in [-0.1, -0.05) is 36.4 Å². The maximum atomic E-state index is 13.0. The van der Waals surface area contributed by atoms with Gasteiger partial charge in [-0.15, -0.1) is 11.3 Å². The van der Waals surface area contributed by atoms with Crippen LogP contribution in [-0.2, 0) is 17.8 Å². The van der Waals surface area contributed by atoms with Crippen molar-refractivity contribution >= 4 is 23.2 Å². The van der Waals surface area contributed by atoms with Crippen molar-refractivity contribution in [2.75, 3.05) is 7.05 Å². The van der Waals surface area contributed by atoms with E-state index in [2.05, 4.69) is 5.32 Å². The van der Waals surface area contributed by atoms with E-state index in [0.29, 0.717) is 13.0 Å². The molecule has 0 aliphatic carbocycles. The number of furan rings is 1. The largest absolute Gasteiger partial charge is 0.459 e. The number of thiophene rings is 1. The summed E-state index contributed by atoms with van der Waals surface area (Å²) in [5, 5.41) is 4.79. The molecule has 2 aromatic heterocycles. The smallest absolute Gasteiger partial charge is 0.287 e. The van der Waals surface area contributed by atoms with Crippen LogP contribution in [0.1, 0.15) is 21.0 Å². The molecule has 26 heavy (non-hydrogen) atoms. The first-order valence-corrected chi connectivity index (χ1v) is 9.17. The van der Waals surface area contributed by atoms with Crippen molar-refractivity contribution in [1.29, 1.82) is 0 Å². The Bertz CT molecular complexity index is 829. The third-order valence-electron chi connectivity index (χ3n) is 3.98. The summed E-state index contributed by atoms with van der Waals surface area (Å²) >= 11 is 1.60. The van der Waals surface area contributed by atoms with Gasteiger partial charge in [0, 0.05) is 18.3 Å². The lowest BCUT2D eigenvalue weighted by Crippen LogP contribution is -2.48. The minimum Gasteiger partial charge on any atom is -0.459 e. The predicted octanol–water partition coefficient (Wildman–Crippen LogP) is 3.34. The van der Waals surface area contributed by atoms with Crippen LogP contribution in [0.15, 0.2) is 70.7 Å². The molecule has 0 spiro atoms.